The lowest BCUT2D eigenvalue weighted by atomic mass is 9.82. The minimum absolute atomic E-state index is 0.0570. The molecule has 5 heteroatoms. The average molecular weight is 348 g/mol. The lowest BCUT2D eigenvalue weighted by Crippen LogP contribution is -2.45. The van der Waals surface area contributed by atoms with E-state index in [4.69, 9.17) is 5.41 Å². The van der Waals surface area contributed by atoms with E-state index in [-0.39, 0.29) is 11.9 Å². The van der Waals surface area contributed by atoms with Crippen LogP contribution in [0.3, 0.4) is 0 Å². The van der Waals surface area contributed by atoms with Crippen molar-refractivity contribution in [3.8, 4) is 0 Å². The first-order chi connectivity index (χ1) is 12.7. The molecule has 2 heterocycles. The van der Waals surface area contributed by atoms with Crippen LogP contribution in [0.2, 0.25) is 0 Å². The quantitative estimate of drug-likeness (QED) is 0.794. The van der Waals surface area contributed by atoms with E-state index >= 15 is 0 Å². The zero-order valence-electron chi connectivity index (χ0n) is 14.7. The Morgan fingerprint density at radius 1 is 0.962 bits per heavy atom. The van der Waals surface area contributed by atoms with Crippen molar-refractivity contribution in [2.75, 3.05) is 19.6 Å². The Kier molecular flexibility index (Phi) is 4.47. The second-order valence-corrected chi connectivity index (χ2v) is 7.06. The van der Waals surface area contributed by atoms with Crippen molar-refractivity contribution in [2.24, 2.45) is 5.92 Å². The third kappa shape index (κ3) is 2.78. The molecule has 2 fully saturated rings. The molecule has 134 valence electrons. The fourth-order valence-electron chi connectivity index (χ4n) is 4.03. The highest BCUT2D eigenvalue weighted by Gasteiger charge is 2.52. The van der Waals surface area contributed by atoms with Crippen LogP contribution >= 0.6 is 0 Å². The summed E-state index contributed by atoms with van der Waals surface area (Å²) in [4.78, 5) is 15.3. The van der Waals surface area contributed by atoms with Gasteiger partial charge in [0.15, 0.2) is 11.5 Å². The van der Waals surface area contributed by atoms with Crippen molar-refractivity contribution < 1.29 is 4.79 Å². The molecule has 0 radical (unpaired) electrons. The number of hydrogen-bond acceptors (Lipinski definition) is 3. The van der Waals surface area contributed by atoms with Crippen LogP contribution in [0.15, 0.2) is 60.7 Å². The van der Waals surface area contributed by atoms with E-state index in [1.807, 2.05) is 60.7 Å². The number of hydrogen-bond donors (Lipinski definition) is 3. The molecule has 2 aromatic rings. The van der Waals surface area contributed by atoms with Gasteiger partial charge in [-0.1, -0.05) is 60.7 Å². The smallest absolute Gasteiger partial charge is 0.264 e. The van der Waals surface area contributed by atoms with Crippen LogP contribution in [-0.4, -0.2) is 36.4 Å². The SMILES string of the molecule is N=C1NC(c2ccccc2)(c2ccccc2)C(=O)N1CC1CCNCC1. The van der Waals surface area contributed by atoms with Crippen molar-refractivity contribution in [1.82, 2.24) is 15.5 Å². The normalized spacial score (nSPS) is 20.2. The minimum atomic E-state index is -1.02. The van der Waals surface area contributed by atoms with Gasteiger partial charge in [0, 0.05) is 6.54 Å². The second kappa shape index (κ2) is 6.92. The van der Waals surface area contributed by atoms with Gasteiger partial charge in [0.2, 0.25) is 0 Å². The van der Waals surface area contributed by atoms with Gasteiger partial charge in [-0.05, 0) is 43.0 Å². The molecule has 2 aromatic carbocycles. The lowest BCUT2D eigenvalue weighted by Gasteiger charge is -2.29. The molecule has 3 N–H and O–H groups in total. The largest absolute Gasteiger partial charge is 0.334 e. The third-order valence-electron chi connectivity index (χ3n) is 5.45. The molecule has 0 unspecified atom stereocenters. The van der Waals surface area contributed by atoms with Gasteiger partial charge >= 0.3 is 0 Å². The van der Waals surface area contributed by atoms with E-state index in [0.29, 0.717) is 12.5 Å². The molecule has 1 amide bonds. The summed E-state index contributed by atoms with van der Waals surface area (Å²) in [5, 5.41) is 15.1. The molecule has 2 aliphatic rings. The number of nitrogens with one attached hydrogen (secondary N) is 3. The van der Waals surface area contributed by atoms with Gasteiger partial charge in [-0.3, -0.25) is 15.1 Å². The summed E-state index contributed by atoms with van der Waals surface area (Å²) < 4.78 is 0. The molecule has 5 nitrogen and oxygen atoms in total. The van der Waals surface area contributed by atoms with Crippen LogP contribution in [0.5, 0.6) is 0 Å². The van der Waals surface area contributed by atoms with Gasteiger partial charge in [0.1, 0.15) is 0 Å². The monoisotopic (exact) mass is 348 g/mol. The Hall–Kier alpha value is -2.66. The van der Waals surface area contributed by atoms with Gasteiger partial charge in [-0.25, -0.2) is 0 Å². The molecule has 0 aromatic heterocycles. The standard InChI is InChI=1S/C21H24N4O/c22-20-24-21(17-7-3-1-4-8-17,18-9-5-2-6-10-18)19(26)25(20)15-16-11-13-23-14-12-16/h1-10,16,23H,11-15H2,(H2,22,24). The molecule has 0 bridgehead atoms. The molecular weight excluding hydrogens is 324 g/mol. The summed E-state index contributed by atoms with van der Waals surface area (Å²) in [5.41, 5.74) is 0.717. The predicted molar refractivity (Wildman–Crippen MR) is 102 cm³/mol. The van der Waals surface area contributed by atoms with E-state index in [0.717, 1.165) is 37.1 Å². The summed E-state index contributed by atoms with van der Waals surface area (Å²) in [7, 11) is 0. The molecule has 2 aliphatic heterocycles. The number of rotatable bonds is 4. The van der Waals surface area contributed by atoms with Crippen LogP contribution in [0.4, 0.5) is 0 Å². The second-order valence-electron chi connectivity index (χ2n) is 7.06. The summed E-state index contributed by atoms with van der Waals surface area (Å²) in [6, 6.07) is 19.5. The van der Waals surface area contributed by atoms with Crippen LogP contribution in [0.1, 0.15) is 24.0 Å². The molecule has 4 rings (SSSR count). The molecular formula is C21H24N4O. The number of guanidine groups is 1. The molecule has 0 saturated carbocycles. The Morgan fingerprint density at radius 2 is 1.50 bits per heavy atom. The number of piperidine rings is 1. The van der Waals surface area contributed by atoms with Crippen molar-refractivity contribution in [3.05, 3.63) is 71.8 Å². The van der Waals surface area contributed by atoms with Crippen LogP contribution < -0.4 is 10.6 Å². The zero-order chi connectivity index (χ0) is 18.0. The minimum Gasteiger partial charge on any atom is -0.334 e. The number of carbonyl (C=O) groups is 1. The Morgan fingerprint density at radius 3 is 2.04 bits per heavy atom. The highest BCUT2D eigenvalue weighted by atomic mass is 16.2. The van der Waals surface area contributed by atoms with Gasteiger partial charge in [0.25, 0.3) is 5.91 Å². The summed E-state index contributed by atoms with van der Waals surface area (Å²) in [5.74, 6) is 0.573. The first kappa shape index (κ1) is 16.8. The topological polar surface area (TPSA) is 68.2 Å². The highest BCUT2D eigenvalue weighted by molar-refractivity contribution is 6.10. The lowest BCUT2D eigenvalue weighted by molar-refractivity contribution is -0.130. The maximum Gasteiger partial charge on any atom is 0.264 e. The van der Waals surface area contributed by atoms with Crippen molar-refractivity contribution in [1.29, 1.82) is 5.41 Å². The zero-order valence-corrected chi connectivity index (χ0v) is 14.7. The van der Waals surface area contributed by atoms with Gasteiger partial charge < -0.3 is 10.6 Å². The first-order valence-electron chi connectivity index (χ1n) is 9.22. The van der Waals surface area contributed by atoms with Crippen molar-refractivity contribution in [3.63, 3.8) is 0 Å². The maximum atomic E-state index is 13.6. The molecule has 0 aliphatic carbocycles. The van der Waals surface area contributed by atoms with E-state index in [2.05, 4.69) is 10.6 Å². The van der Waals surface area contributed by atoms with Gasteiger partial charge in [-0.2, -0.15) is 0 Å². The van der Waals surface area contributed by atoms with E-state index < -0.39 is 5.54 Å². The van der Waals surface area contributed by atoms with E-state index in [9.17, 15) is 4.79 Å². The van der Waals surface area contributed by atoms with E-state index in [1.165, 1.54) is 0 Å². The Labute approximate surface area is 153 Å². The van der Waals surface area contributed by atoms with Crippen molar-refractivity contribution >= 4 is 11.9 Å². The first-order valence-corrected chi connectivity index (χ1v) is 9.22. The molecule has 2 saturated heterocycles. The number of benzene rings is 2. The van der Waals surface area contributed by atoms with Gasteiger partial charge in [0.05, 0.1) is 0 Å². The van der Waals surface area contributed by atoms with Crippen LogP contribution in [0, 0.1) is 11.3 Å². The molecule has 26 heavy (non-hydrogen) atoms. The Bertz CT molecular complexity index is 745. The molecule has 0 atom stereocenters. The fourth-order valence-corrected chi connectivity index (χ4v) is 4.03. The number of amides is 1. The summed E-state index contributed by atoms with van der Waals surface area (Å²) >= 11 is 0. The average Bonchev–Trinajstić information content (AvgIpc) is 2.96. The van der Waals surface area contributed by atoms with E-state index in [1.54, 1.807) is 4.90 Å². The molecule has 0 spiro atoms. The number of carbonyl (C=O) groups excluding carboxylic acids is 1. The van der Waals surface area contributed by atoms with Gasteiger partial charge in [-0.15, -0.1) is 0 Å². The third-order valence-corrected chi connectivity index (χ3v) is 5.45. The van der Waals surface area contributed by atoms with Crippen LogP contribution in [0.25, 0.3) is 0 Å². The van der Waals surface area contributed by atoms with Crippen LogP contribution in [-0.2, 0) is 10.3 Å². The fraction of sp³-hybridized carbons (Fsp3) is 0.333. The summed E-state index contributed by atoms with van der Waals surface area (Å²) in [6.07, 6.45) is 2.08. The Balaban J connectivity index is 1.73. The predicted octanol–water partition coefficient (Wildman–Crippen LogP) is 2.30. The highest BCUT2D eigenvalue weighted by Crippen LogP contribution is 2.36. The number of nitrogens with zero attached hydrogens (tertiary/aromatic N) is 1. The maximum absolute atomic E-state index is 13.6. The van der Waals surface area contributed by atoms with Crippen molar-refractivity contribution in [2.45, 2.75) is 18.4 Å². The summed E-state index contributed by atoms with van der Waals surface area (Å²) in [6.45, 7) is 2.57.